The molecular weight excluding hydrogens is 292 g/mol. The average Bonchev–Trinajstić information content (AvgIpc) is 2.91. The lowest BCUT2D eigenvalue weighted by atomic mass is 10.1. The number of nitrogens with one attached hydrogen (secondary N) is 1. The molecule has 0 bridgehead atoms. The van der Waals surface area contributed by atoms with Gasteiger partial charge in [-0.2, -0.15) is 0 Å². The first-order valence-electron chi connectivity index (χ1n) is 7.54. The quantitative estimate of drug-likeness (QED) is 0.679. The van der Waals surface area contributed by atoms with Crippen molar-refractivity contribution in [1.29, 1.82) is 0 Å². The lowest BCUT2D eigenvalue weighted by Gasteiger charge is -2.22. The number of thiazole rings is 1. The number of hydrogen-bond donors (Lipinski definition) is 1. The van der Waals surface area contributed by atoms with Crippen LogP contribution in [0, 0.1) is 13.8 Å². The van der Waals surface area contributed by atoms with Gasteiger partial charge in [0, 0.05) is 25.0 Å². The monoisotopic (exact) mass is 316 g/mol. The summed E-state index contributed by atoms with van der Waals surface area (Å²) in [4.78, 5) is 12.4. The van der Waals surface area contributed by atoms with Gasteiger partial charge in [0.25, 0.3) is 0 Å². The van der Waals surface area contributed by atoms with Gasteiger partial charge < -0.3 is 10.2 Å². The number of hydrogen-bond acceptors (Lipinski definition) is 3. The molecule has 1 aromatic heterocycles. The summed E-state index contributed by atoms with van der Waals surface area (Å²) in [6.07, 6.45) is 0. The van der Waals surface area contributed by atoms with E-state index in [4.69, 9.17) is 4.99 Å². The fraction of sp³-hybridized carbons (Fsp3) is 0.412. The predicted molar refractivity (Wildman–Crippen MR) is 94.3 cm³/mol. The SMILES string of the molecule is CCNC(=NCc1scnc1C)N(C)Cc1ccc(C)cc1. The summed E-state index contributed by atoms with van der Waals surface area (Å²) in [5, 5.41) is 3.36. The summed E-state index contributed by atoms with van der Waals surface area (Å²) < 4.78 is 0. The summed E-state index contributed by atoms with van der Waals surface area (Å²) in [7, 11) is 2.07. The lowest BCUT2D eigenvalue weighted by Crippen LogP contribution is -2.38. The van der Waals surface area contributed by atoms with Crippen molar-refractivity contribution in [2.24, 2.45) is 4.99 Å². The van der Waals surface area contributed by atoms with E-state index in [9.17, 15) is 0 Å². The summed E-state index contributed by atoms with van der Waals surface area (Å²) in [5.74, 6) is 0.927. The molecule has 1 N–H and O–H groups in total. The van der Waals surface area contributed by atoms with E-state index in [0.29, 0.717) is 6.54 Å². The Morgan fingerprint density at radius 3 is 2.59 bits per heavy atom. The van der Waals surface area contributed by atoms with Crippen molar-refractivity contribution in [2.45, 2.75) is 33.9 Å². The molecule has 0 aliphatic carbocycles. The van der Waals surface area contributed by atoms with Crippen LogP contribution >= 0.6 is 11.3 Å². The van der Waals surface area contributed by atoms with Crippen LogP contribution in [0.5, 0.6) is 0 Å². The number of benzene rings is 1. The molecule has 0 aliphatic rings. The van der Waals surface area contributed by atoms with E-state index in [1.807, 2.05) is 12.4 Å². The second kappa shape index (κ2) is 7.94. The van der Waals surface area contributed by atoms with E-state index < -0.39 is 0 Å². The second-order valence-corrected chi connectivity index (χ2v) is 6.31. The summed E-state index contributed by atoms with van der Waals surface area (Å²) in [6.45, 7) is 8.61. The number of aliphatic imine (C=N–C) groups is 1. The van der Waals surface area contributed by atoms with Crippen molar-refractivity contribution >= 4 is 17.3 Å². The van der Waals surface area contributed by atoms with Gasteiger partial charge in [-0.3, -0.25) is 0 Å². The first-order chi connectivity index (χ1) is 10.6. The van der Waals surface area contributed by atoms with Crippen LogP contribution in [-0.2, 0) is 13.1 Å². The van der Waals surface area contributed by atoms with Crippen LogP contribution < -0.4 is 5.32 Å². The van der Waals surface area contributed by atoms with Gasteiger partial charge in [-0.15, -0.1) is 11.3 Å². The van der Waals surface area contributed by atoms with E-state index in [1.54, 1.807) is 11.3 Å². The number of rotatable bonds is 5. The molecule has 2 rings (SSSR count). The third-order valence-corrected chi connectivity index (χ3v) is 4.37. The largest absolute Gasteiger partial charge is 0.357 e. The average molecular weight is 316 g/mol. The van der Waals surface area contributed by atoms with Crippen LogP contribution in [0.4, 0.5) is 0 Å². The van der Waals surface area contributed by atoms with Gasteiger partial charge in [0.1, 0.15) is 0 Å². The highest BCUT2D eigenvalue weighted by molar-refractivity contribution is 7.09. The Morgan fingerprint density at radius 1 is 1.27 bits per heavy atom. The van der Waals surface area contributed by atoms with Gasteiger partial charge in [0.15, 0.2) is 5.96 Å². The minimum atomic E-state index is 0.678. The minimum absolute atomic E-state index is 0.678. The Bertz CT molecular complexity index is 616. The van der Waals surface area contributed by atoms with E-state index >= 15 is 0 Å². The molecule has 0 saturated heterocycles. The topological polar surface area (TPSA) is 40.5 Å². The van der Waals surface area contributed by atoms with Crippen LogP contribution in [0.15, 0.2) is 34.8 Å². The maximum Gasteiger partial charge on any atom is 0.194 e. The number of aromatic nitrogens is 1. The highest BCUT2D eigenvalue weighted by Crippen LogP contribution is 2.13. The standard InChI is InChI=1S/C17H24N4S/c1-5-18-17(19-10-16-14(3)20-12-22-16)21(4)11-15-8-6-13(2)7-9-15/h6-9,12H,5,10-11H2,1-4H3,(H,18,19). The zero-order valence-corrected chi connectivity index (χ0v) is 14.6. The molecular formula is C17H24N4S. The van der Waals surface area contributed by atoms with Crippen molar-refractivity contribution in [3.63, 3.8) is 0 Å². The van der Waals surface area contributed by atoms with Crippen molar-refractivity contribution in [2.75, 3.05) is 13.6 Å². The van der Waals surface area contributed by atoms with Crippen molar-refractivity contribution < 1.29 is 0 Å². The third-order valence-electron chi connectivity index (χ3n) is 3.45. The Balaban J connectivity index is 2.05. The third kappa shape index (κ3) is 4.56. The molecule has 0 unspecified atom stereocenters. The Kier molecular flexibility index (Phi) is 5.95. The number of aryl methyl sites for hydroxylation is 2. The Labute approximate surface area is 136 Å². The normalized spacial score (nSPS) is 11.5. The van der Waals surface area contributed by atoms with Crippen LogP contribution in [-0.4, -0.2) is 29.4 Å². The van der Waals surface area contributed by atoms with E-state index in [-0.39, 0.29) is 0 Å². The molecule has 22 heavy (non-hydrogen) atoms. The zero-order valence-electron chi connectivity index (χ0n) is 13.8. The smallest absolute Gasteiger partial charge is 0.194 e. The molecule has 1 aromatic carbocycles. The van der Waals surface area contributed by atoms with Gasteiger partial charge in [-0.1, -0.05) is 29.8 Å². The highest BCUT2D eigenvalue weighted by atomic mass is 32.1. The van der Waals surface area contributed by atoms with Gasteiger partial charge in [-0.25, -0.2) is 9.98 Å². The van der Waals surface area contributed by atoms with E-state index in [1.165, 1.54) is 16.0 Å². The predicted octanol–water partition coefficient (Wildman–Crippen LogP) is 3.36. The molecule has 4 nitrogen and oxygen atoms in total. The van der Waals surface area contributed by atoms with E-state index in [2.05, 4.69) is 60.4 Å². The molecule has 118 valence electrons. The van der Waals surface area contributed by atoms with Crippen LogP contribution in [0.2, 0.25) is 0 Å². The molecule has 0 aliphatic heterocycles. The minimum Gasteiger partial charge on any atom is -0.357 e. The van der Waals surface area contributed by atoms with Crippen molar-refractivity contribution in [1.82, 2.24) is 15.2 Å². The van der Waals surface area contributed by atoms with Crippen molar-refractivity contribution in [3.8, 4) is 0 Å². The van der Waals surface area contributed by atoms with Gasteiger partial charge in [0.05, 0.1) is 17.7 Å². The van der Waals surface area contributed by atoms with Gasteiger partial charge >= 0.3 is 0 Å². The Morgan fingerprint density at radius 2 is 2.00 bits per heavy atom. The molecule has 1 heterocycles. The molecule has 0 amide bonds. The molecule has 0 radical (unpaired) electrons. The Hall–Kier alpha value is -1.88. The van der Waals surface area contributed by atoms with Gasteiger partial charge in [0.2, 0.25) is 0 Å². The van der Waals surface area contributed by atoms with Crippen molar-refractivity contribution in [3.05, 3.63) is 51.5 Å². The molecule has 5 heteroatoms. The first kappa shape index (κ1) is 16.5. The molecule has 0 fully saturated rings. The molecule has 2 aromatic rings. The van der Waals surface area contributed by atoms with E-state index in [0.717, 1.165) is 24.7 Å². The fourth-order valence-electron chi connectivity index (χ4n) is 2.14. The summed E-state index contributed by atoms with van der Waals surface area (Å²) in [6, 6.07) is 8.63. The lowest BCUT2D eigenvalue weighted by molar-refractivity contribution is 0.477. The summed E-state index contributed by atoms with van der Waals surface area (Å²) >= 11 is 1.66. The maximum absolute atomic E-state index is 4.73. The molecule has 0 atom stereocenters. The van der Waals surface area contributed by atoms with Crippen LogP contribution in [0.3, 0.4) is 0 Å². The fourth-order valence-corrected chi connectivity index (χ4v) is 2.84. The first-order valence-corrected chi connectivity index (χ1v) is 8.42. The van der Waals surface area contributed by atoms with Crippen LogP contribution in [0.1, 0.15) is 28.6 Å². The second-order valence-electron chi connectivity index (χ2n) is 5.37. The zero-order chi connectivity index (χ0) is 15.9. The van der Waals surface area contributed by atoms with Crippen LogP contribution in [0.25, 0.3) is 0 Å². The van der Waals surface area contributed by atoms with Gasteiger partial charge in [-0.05, 0) is 26.3 Å². The highest BCUT2D eigenvalue weighted by Gasteiger charge is 2.07. The maximum atomic E-state index is 4.73. The number of guanidine groups is 1. The molecule has 0 spiro atoms. The molecule has 0 saturated carbocycles. The summed E-state index contributed by atoms with van der Waals surface area (Å²) in [5.41, 5.74) is 5.52. The number of nitrogens with zero attached hydrogens (tertiary/aromatic N) is 3.